The first-order valence-electron chi connectivity index (χ1n) is 7.56. The van der Waals surface area contributed by atoms with Crippen LogP contribution < -0.4 is 0 Å². The number of sulfone groups is 1. The van der Waals surface area contributed by atoms with Gasteiger partial charge in [-0.05, 0) is 24.1 Å². The van der Waals surface area contributed by atoms with Crippen molar-refractivity contribution in [2.24, 2.45) is 0 Å². The molecule has 0 fully saturated rings. The van der Waals surface area contributed by atoms with Crippen LogP contribution in [0.4, 0.5) is 0 Å². The zero-order valence-corrected chi connectivity index (χ0v) is 15.2. The Bertz CT molecular complexity index is 1100. The van der Waals surface area contributed by atoms with Gasteiger partial charge in [-0.25, -0.2) is 22.9 Å². The number of fused-ring (bicyclic) bond motifs is 1. The number of nitrogens with zero attached hydrogens (tertiary/aromatic N) is 4. The van der Waals surface area contributed by atoms with Crippen LogP contribution in [0, 0.1) is 0 Å². The number of ketones is 1. The van der Waals surface area contributed by atoms with Gasteiger partial charge in [0, 0.05) is 6.20 Å². The van der Waals surface area contributed by atoms with E-state index in [1.165, 1.54) is 0 Å². The molecular formula is C15H14N4O5S2. The number of carboxylic acid groups (broad SMARTS) is 1. The van der Waals surface area contributed by atoms with Crippen LogP contribution in [0.2, 0.25) is 0 Å². The summed E-state index contributed by atoms with van der Waals surface area (Å²) in [4.78, 5) is 25.8. The standard InChI is InChI=1S/C15H14N4O5S2/c1-2-10-7-19(18-17-10)6-9-3-4-11-13(5-9)25-15(16-11)26(23,24)8-12(20)14(21)22/h3-5,7H,2,6,8H2,1H3,(H,21,22). The molecule has 2 heterocycles. The Balaban J connectivity index is 1.87. The molecule has 0 saturated heterocycles. The predicted molar refractivity (Wildman–Crippen MR) is 92.8 cm³/mol. The van der Waals surface area contributed by atoms with Crippen LogP contribution in [-0.4, -0.2) is 51.0 Å². The number of hydrogen-bond acceptors (Lipinski definition) is 8. The highest BCUT2D eigenvalue weighted by atomic mass is 32.2. The predicted octanol–water partition coefficient (Wildman–Crippen LogP) is 0.926. The maximum atomic E-state index is 12.2. The monoisotopic (exact) mass is 394 g/mol. The van der Waals surface area contributed by atoms with Gasteiger partial charge in [0.15, 0.2) is 0 Å². The van der Waals surface area contributed by atoms with Crippen molar-refractivity contribution in [2.75, 3.05) is 5.75 Å². The van der Waals surface area contributed by atoms with Gasteiger partial charge in [0.25, 0.3) is 5.78 Å². The van der Waals surface area contributed by atoms with Crippen molar-refractivity contribution in [1.82, 2.24) is 20.0 Å². The van der Waals surface area contributed by atoms with Gasteiger partial charge in [0.2, 0.25) is 14.2 Å². The Morgan fingerprint density at radius 2 is 2.08 bits per heavy atom. The molecule has 3 aromatic rings. The summed E-state index contributed by atoms with van der Waals surface area (Å²) in [5, 5.41) is 16.6. The summed E-state index contributed by atoms with van der Waals surface area (Å²) in [6.45, 7) is 2.45. The van der Waals surface area contributed by atoms with Crippen molar-refractivity contribution in [3.63, 3.8) is 0 Å². The number of carbonyl (C=O) groups is 2. The maximum absolute atomic E-state index is 12.2. The smallest absolute Gasteiger partial charge is 0.373 e. The Morgan fingerprint density at radius 3 is 2.73 bits per heavy atom. The fourth-order valence-electron chi connectivity index (χ4n) is 2.24. The summed E-state index contributed by atoms with van der Waals surface area (Å²) >= 11 is 0.903. The van der Waals surface area contributed by atoms with Crippen LogP contribution in [0.15, 0.2) is 28.7 Å². The Morgan fingerprint density at radius 1 is 1.31 bits per heavy atom. The normalized spacial score (nSPS) is 11.7. The molecule has 0 spiro atoms. The first-order chi connectivity index (χ1) is 12.3. The third kappa shape index (κ3) is 3.78. The van der Waals surface area contributed by atoms with Gasteiger partial charge in [-0.2, -0.15) is 0 Å². The molecule has 1 N–H and O–H groups in total. The molecule has 0 aliphatic carbocycles. The summed E-state index contributed by atoms with van der Waals surface area (Å²) in [5.74, 6) is -4.27. The van der Waals surface area contributed by atoms with Gasteiger partial charge in [-0.15, -0.1) is 16.4 Å². The lowest BCUT2D eigenvalue weighted by Gasteiger charge is -2.00. The first kappa shape index (κ1) is 18.1. The van der Waals surface area contributed by atoms with Crippen molar-refractivity contribution in [3.05, 3.63) is 35.7 Å². The number of aryl methyl sites for hydroxylation is 1. The number of Topliss-reactive ketones (excluding diaryl/α,β-unsaturated/α-hetero) is 1. The molecule has 136 valence electrons. The molecule has 9 nitrogen and oxygen atoms in total. The van der Waals surface area contributed by atoms with E-state index >= 15 is 0 Å². The van der Waals surface area contributed by atoms with Crippen LogP contribution in [0.5, 0.6) is 0 Å². The molecule has 1 aromatic carbocycles. The van der Waals surface area contributed by atoms with Crippen molar-refractivity contribution in [1.29, 1.82) is 0 Å². The Kier molecular flexibility index (Phi) is 4.83. The molecule has 0 aliphatic rings. The number of carboxylic acids is 1. The van der Waals surface area contributed by atoms with E-state index < -0.39 is 27.3 Å². The molecule has 0 amide bonds. The highest BCUT2D eigenvalue weighted by molar-refractivity contribution is 7.94. The van der Waals surface area contributed by atoms with Crippen molar-refractivity contribution in [2.45, 2.75) is 24.2 Å². The Hall–Kier alpha value is -2.66. The molecule has 0 unspecified atom stereocenters. The fourth-order valence-corrected chi connectivity index (χ4v) is 4.78. The van der Waals surface area contributed by atoms with E-state index in [-0.39, 0.29) is 4.34 Å². The molecule has 0 aliphatic heterocycles. The van der Waals surface area contributed by atoms with Gasteiger partial charge in [-0.1, -0.05) is 18.2 Å². The lowest BCUT2D eigenvalue weighted by molar-refractivity contribution is -0.147. The topological polar surface area (TPSA) is 132 Å². The van der Waals surface area contributed by atoms with Crippen LogP contribution >= 0.6 is 11.3 Å². The molecule has 3 rings (SSSR count). The quantitative estimate of drug-likeness (QED) is 0.585. The molecule has 0 bridgehead atoms. The summed E-state index contributed by atoms with van der Waals surface area (Å²) in [5.41, 5.74) is 2.23. The van der Waals surface area contributed by atoms with Crippen molar-refractivity contribution in [3.8, 4) is 0 Å². The van der Waals surface area contributed by atoms with Crippen LogP contribution in [-0.2, 0) is 32.4 Å². The summed E-state index contributed by atoms with van der Waals surface area (Å²) < 4.78 is 26.4. The molecule has 0 radical (unpaired) electrons. The van der Waals surface area contributed by atoms with Gasteiger partial charge in [0.05, 0.1) is 22.5 Å². The average molecular weight is 394 g/mol. The lowest BCUT2D eigenvalue weighted by Crippen LogP contribution is -2.23. The SMILES string of the molecule is CCc1cn(Cc2ccc3nc(S(=O)(=O)CC(=O)C(=O)O)sc3c2)nn1. The second kappa shape index (κ2) is 6.92. The molecule has 2 aromatic heterocycles. The third-order valence-corrected chi connectivity index (χ3v) is 6.64. The average Bonchev–Trinajstić information content (AvgIpc) is 3.20. The van der Waals surface area contributed by atoms with Gasteiger partial charge in [-0.3, -0.25) is 4.79 Å². The third-order valence-electron chi connectivity index (χ3n) is 3.55. The highest BCUT2D eigenvalue weighted by Crippen LogP contribution is 2.27. The fraction of sp³-hybridized carbons (Fsp3) is 0.267. The minimum absolute atomic E-state index is 0.270. The second-order valence-corrected chi connectivity index (χ2v) is 8.72. The number of aliphatic carboxylic acids is 1. The number of hydrogen-bond donors (Lipinski definition) is 1. The van der Waals surface area contributed by atoms with Crippen molar-refractivity contribution < 1.29 is 23.1 Å². The van der Waals surface area contributed by atoms with Crippen LogP contribution in [0.25, 0.3) is 10.2 Å². The molecule has 0 atom stereocenters. The molecule has 26 heavy (non-hydrogen) atoms. The zero-order chi connectivity index (χ0) is 18.9. The highest BCUT2D eigenvalue weighted by Gasteiger charge is 2.27. The van der Waals surface area contributed by atoms with E-state index in [9.17, 15) is 18.0 Å². The van der Waals surface area contributed by atoms with Gasteiger partial charge >= 0.3 is 5.97 Å². The maximum Gasteiger partial charge on any atom is 0.373 e. The van der Waals surface area contributed by atoms with E-state index in [4.69, 9.17) is 5.11 Å². The van der Waals surface area contributed by atoms with E-state index in [1.54, 1.807) is 22.9 Å². The number of carbonyl (C=O) groups excluding carboxylic acids is 1. The van der Waals surface area contributed by atoms with E-state index in [0.717, 1.165) is 29.0 Å². The number of thiazole rings is 1. The van der Waals surface area contributed by atoms with Gasteiger partial charge < -0.3 is 5.11 Å². The second-order valence-electron chi connectivity index (χ2n) is 5.53. The minimum atomic E-state index is -4.09. The number of aromatic nitrogens is 4. The van der Waals surface area contributed by atoms with Gasteiger partial charge in [0.1, 0.15) is 5.75 Å². The number of benzene rings is 1. The molecule has 0 saturated carbocycles. The van der Waals surface area contributed by atoms with E-state index in [0.29, 0.717) is 16.8 Å². The lowest BCUT2D eigenvalue weighted by atomic mass is 10.2. The molecule has 11 heteroatoms. The summed E-state index contributed by atoms with van der Waals surface area (Å²) in [6, 6.07) is 5.27. The van der Waals surface area contributed by atoms with E-state index in [1.807, 2.05) is 13.1 Å². The van der Waals surface area contributed by atoms with Crippen LogP contribution in [0.1, 0.15) is 18.2 Å². The first-order valence-corrected chi connectivity index (χ1v) is 10.0. The summed E-state index contributed by atoms with van der Waals surface area (Å²) in [6.07, 6.45) is 2.62. The largest absolute Gasteiger partial charge is 0.475 e. The van der Waals surface area contributed by atoms with Crippen LogP contribution in [0.3, 0.4) is 0 Å². The molecular weight excluding hydrogens is 380 g/mol. The minimum Gasteiger partial charge on any atom is -0.475 e. The zero-order valence-electron chi connectivity index (χ0n) is 13.6. The van der Waals surface area contributed by atoms with Crippen molar-refractivity contribution >= 4 is 43.1 Å². The Labute approximate surface area is 152 Å². The summed E-state index contributed by atoms with van der Waals surface area (Å²) in [7, 11) is -4.09. The van der Waals surface area contributed by atoms with E-state index in [2.05, 4.69) is 15.3 Å². The number of rotatable bonds is 7.